The second-order valence-corrected chi connectivity index (χ2v) is 6.19. The Morgan fingerprint density at radius 3 is 2.54 bits per heavy atom. The Hall–Kier alpha value is -3.22. The highest BCUT2D eigenvalue weighted by molar-refractivity contribution is 6.14. The molecule has 0 bridgehead atoms. The van der Waals surface area contributed by atoms with Gasteiger partial charge in [0.2, 0.25) is 5.91 Å². The van der Waals surface area contributed by atoms with Gasteiger partial charge in [0.05, 0.1) is 23.8 Å². The summed E-state index contributed by atoms with van der Waals surface area (Å²) in [7, 11) is 1.61. The zero-order chi connectivity index (χ0) is 18.8. The molecule has 0 saturated carbocycles. The van der Waals surface area contributed by atoms with E-state index >= 15 is 0 Å². The maximum Gasteiger partial charge on any atom is 0.269 e. The number of methoxy groups -OCH3 is 1. The van der Waals surface area contributed by atoms with E-state index in [1.165, 1.54) is 24.1 Å². The van der Waals surface area contributed by atoms with Crippen LogP contribution in [0.4, 0.5) is 5.69 Å². The molecule has 26 heavy (non-hydrogen) atoms. The molecule has 1 unspecified atom stereocenters. The summed E-state index contributed by atoms with van der Waals surface area (Å²) in [5.41, 5.74) is 3.22. The first-order valence-electron chi connectivity index (χ1n) is 8.21. The van der Waals surface area contributed by atoms with Gasteiger partial charge in [-0.1, -0.05) is 0 Å². The van der Waals surface area contributed by atoms with E-state index in [1.807, 2.05) is 25.1 Å². The van der Waals surface area contributed by atoms with Gasteiger partial charge in [0.1, 0.15) is 5.75 Å². The number of rotatable bonds is 3. The number of fused-ring (bicyclic) bond motifs is 1. The minimum atomic E-state index is -0.443. The number of nitrogens with zero attached hydrogens (tertiary/aromatic N) is 3. The van der Waals surface area contributed by atoms with Gasteiger partial charge in [0.25, 0.3) is 5.69 Å². The van der Waals surface area contributed by atoms with Crippen molar-refractivity contribution in [3.05, 3.63) is 69.3 Å². The van der Waals surface area contributed by atoms with Crippen molar-refractivity contribution in [1.82, 2.24) is 5.01 Å². The molecule has 1 aliphatic rings. The summed E-state index contributed by atoms with van der Waals surface area (Å²) < 4.78 is 5.32. The van der Waals surface area contributed by atoms with Crippen LogP contribution in [0.2, 0.25) is 0 Å². The molecule has 0 aliphatic carbocycles. The van der Waals surface area contributed by atoms with Gasteiger partial charge in [-0.25, -0.2) is 5.01 Å². The number of ether oxygens (including phenoxy) is 1. The van der Waals surface area contributed by atoms with Crippen LogP contribution < -0.4 is 4.74 Å². The molecule has 0 N–H and O–H groups in total. The van der Waals surface area contributed by atoms with E-state index in [1.54, 1.807) is 19.2 Å². The van der Waals surface area contributed by atoms with Crippen LogP contribution >= 0.6 is 0 Å². The summed E-state index contributed by atoms with van der Waals surface area (Å²) in [6, 6.07) is 11.8. The lowest BCUT2D eigenvalue weighted by Crippen LogP contribution is -2.33. The molecule has 134 valence electrons. The van der Waals surface area contributed by atoms with Crippen molar-refractivity contribution >= 4 is 17.3 Å². The van der Waals surface area contributed by atoms with E-state index < -0.39 is 4.92 Å². The smallest absolute Gasteiger partial charge is 0.269 e. The first-order chi connectivity index (χ1) is 12.4. The molecule has 3 rings (SSSR count). The van der Waals surface area contributed by atoms with Gasteiger partial charge in [-0.2, -0.15) is 5.10 Å². The first-order valence-corrected chi connectivity index (χ1v) is 8.21. The number of hydrogen-bond acceptors (Lipinski definition) is 5. The number of amides is 1. The number of non-ortho nitro benzene ring substituents is 1. The topological polar surface area (TPSA) is 85.0 Å². The predicted molar refractivity (Wildman–Crippen MR) is 97.4 cm³/mol. The second kappa shape index (κ2) is 6.95. The number of benzene rings is 2. The summed E-state index contributed by atoms with van der Waals surface area (Å²) >= 11 is 0. The zero-order valence-electron chi connectivity index (χ0n) is 14.8. The summed E-state index contributed by atoms with van der Waals surface area (Å²) in [5.74, 6) is 0.576. The highest BCUT2D eigenvalue weighted by Gasteiger charge is 2.26. The molecule has 1 heterocycles. The molecule has 7 nitrogen and oxygen atoms in total. The van der Waals surface area contributed by atoms with Gasteiger partial charge in [-0.05, 0) is 49.2 Å². The molecule has 0 radical (unpaired) electrons. The van der Waals surface area contributed by atoms with E-state index in [9.17, 15) is 14.9 Å². The van der Waals surface area contributed by atoms with Gasteiger partial charge in [0.15, 0.2) is 0 Å². The van der Waals surface area contributed by atoms with Gasteiger partial charge < -0.3 is 4.74 Å². The SMILES string of the molecule is COc1ccc2c(c1)CC(C)N(C(C)=O)N=C2c1ccc([N+](=O)[O-])cc1. The largest absolute Gasteiger partial charge is 0.497 e. The van der Waals surface area contributed by atoms with Gasteiger partial charge in [0, 0.05) is 30.2 Å². The molecule has 7 heteroatoms. The highest BCUT2D eigenvalue weighted by atomic mass is 16.6. The first kappa shape index (κ1) is 17.6. The van der Waals surface area contributed by atoms with E-state index in [4.69, 9.17) is 4.74 Å². The van der Waals surface area contributed by atoms with E-state index in [2.05, 4.69) is 5.10 Å². The van der Waals surface area contributed by atoms with Crippen molar-refractivity contribution in [1.29, 1.82) is 0 Å². The Balaban J connectivity index is 2.16. The number of hydrazone groups is 1. The van der Waals surface area contributed by atoms with Crippen LogP contribution in [0.3, 0.4) is 0 Å². The van der Waals surface area contributed by atoms with Crippen molar-refractivity contribution in [2.45, 2.75) is 26.3 Å². The van der Waals surface area contributed by atoms with Crippen LogP contribution in [0, 0.1) is 10.1 Å². The molecule has 2 aromatic rings. The Kier molecular flexibility index (Phi) is 4.71. The maximum atomic E-state index is 12.1. The fourth-order valence-electron chi connectivity index (χ4n) is 3.10. The Morgan fingerprint density at radius 2 is 1.96 bits per heavy atom. The van der Waals surface area contributed by atoms with Gasteiger partial charge in [-0.3, -0.25) is 14.9 Å². The number of carbonyl (C=O) groups excluding carboxylic acids is 1. The third-order valence-electron chi connectivity index (χ3n) is 4.38. The van der Waals surface area contributed by atoms with E-state index in [-0.39, 0.29) is 17.6 Å². The molecule has 0 saturated heterocycles. The van der Waals surface area contributed by atoms with Crippen LogP contribution in [0.25, 0.3) is 0 Å². The summed E-state index contributed by atoms with van der Waals surface area (Å²) in [5, 5.41) is 17.0. The predicted octanol–water partition coefficient (Wildman–Crippen LogP) is 3.15. The fourth-order valence-corrected chi connectivity index (χ4v) is 3.10. The Bertz CT molecular complexity index is 890. The average Bonchev–Trinajstić information content (AvgIpc) is 2.77. The second-order valence-electron chi connectivity index (χ2n) is 6.19. The molecule has 2 aromatic carbocycles. The molecule has 0 aromatic heterocycles. The number of hydrogen-bond donors (Lipinski definition) is 0. The van der Waals surface area contributed by atoms with Crippen molar-refractivity contribution in [3.8, 4) is 5.75 Å². The number of nitro benzene ring substituents is 1. The molecule has 1 aliphatic heterocycles. The monoisotopic (exact) mass is 353 g/mol. The molecule has 0 spiro atoms. The third-order valence-corrected chi connectivity index (χ3v) is 4.38. The summed E-state index contributed by atoms with van der Waals surface area (Å²) in [6.07, 6.45) is 0.631. The van der Waals surface area contributed by atoms with Gasteiger partial charge >= 0.3 is 0 Å². The molecular weight excluding hydrogens is 334 g/mol. The normalized spacial score (nSPS) is 16.3. The van der Waals surface area contributed by atoms with Crippen molar-refractivity contribution in [3.63, 3.8) is 0 Å². The lowest BCUT2D eigenvalue weighted by atomic mass is 9.94. The van der Waals surface area contributed by atoms with Crippen molar-refractivity contribution < 1.29 is 14.5 Å². The van der Waals surface area contributed by atoms with Crippen LogP contribution in [0.5, 0.6) is 5.75 Å². The fraction of sp³-hybridized carbons (Fsp3) is 0.263. The maximum absolute atomic E-state index is 12.1. The van der Waals surface area contributed by atoms with E-state index in [0.29, 0.717) is 17.7 Å². The summed E-state index contributed by atoms with van der Waals surface area (Å²) in [6.45, 7) is 3.41. The highest BCUT2D eigenvalue weighted by Crippen LogP contribution is 2.27. The third kappa shape index (κ3) is 3.28. The van der Waals surface area contributed by atoms with Crippen LogP contribution in [-0.2, 0) is 11.2 Å². The minimum Gasteiger partial charge on any atom is -0.497 e. The van der Waals surface area contributed by atoms with Crippen molar-refractivity contribution in [2.75, 3.05) is 7.11 Å². The lowest BCUT2D eigenvalue weighted by Gasteiger charge is -2.21. The van der Waals surface area contributed by atoms with Crippen LogP contribution in [-0.4, -0.2) is 34.7 Å². The minimum absolute atomic E-state index is 0.00900. The molecular formula is C19H19N3O4. The lowest BCUT2D eigenvalue weighted by molar-refractivity contribution is -0.384. The van der Waals surface area contributed by atoms with E-state index in [0.717, 1.165) is 16.9 Å². The zero-order valence-corrected chi connectivity index (χ0v) is 14.8. The Labute approximate surface area is 151 Å². The standard InChI is InChI=1S/C19H19N3O4/c1-12-10-15-11-17(26-3)8-9-18(15)19(20-21(12)13(2)23)14-4-6-16(7-5-14)22(24)25/h4-9,11-12H,10H2,1-3H3. The molecule has 0 fully saturated rings. The molecule has 1 amide bonds. The van der Waals surface area contributed by atoms with Gasteiger partial charge in [-0.15, -0.1) is 0 Å². The molecule has 1 atom stereocenters. The number of nitro groups is 1. The van der Waals surface area contributed by atoms with Crippen LogP contribution in [0.1, 0.15) is 30.5 Å². The van der Waals surface area contributed by atoms with Crippen LogP contribution in [0.15, 0.2) is 47.6 Å². The Morgan fingerprint density at radius 1 is 1.27 bits per heavy atom. The van der Waals surface area contributed by atoms with Crippen molar-refractivity contribution in [2.24, 2.45) is 5.10 Å². The quantitative estimate of drug-likeness (QED) is 0.627. The summed E-state index contributed by atoms with van der Waals surface area (Å²) in [4.78, 5) is 22.5. The average molecular weight is 353 g/mol. The number of carbonyl (C=O) groups is 1.